The van der Waals surface area contributed by atoms with E-state index >= 15 is 0 Å². The second kappa shape index (κ2) is 3.69. The van der Waals surface area contributed by atoms with Crippen LogP contribution in [0.5, 0.6) is 5.75 Å². The lowest BCUT2D eigenvalue weighted by Crippen LogP contribution is -2.12. The minimum atomic E-state index is -0.486. The number of halogens is 1. The highest BCUT2D eigenvalue weighted by molar-refractivity contribution is 6.30. The lowest BCUT2D eigenvalue weighted by atomic mass is 10.0. The standard InChI is InChI=1S/C12H15ClO2/c1-8-9(7-12(14)3-4-12)5-10(13)6-11(8)15-2/h5-6,14H,3-4,7H2,1-2H3. The first kappa shape index (κ1) is 10.8. The highest BCUT2D eigenvalue weighted by Gasteiger charge is 2.40. The second-order valence-corrected chi connectivity index (χ2v) is 4.73. The zero-order chi connectivity index (χ0) is 11.1. The van der Waals surface area contributed by atoms with Crippen molar-refractivity contribution >= 4 is 11.6 Å². The van der Waals surface area contributed by atoms with Crippen LogP contribution in [0.15, 0.2) is 12.1 Å². The Bertz CT molecular complexity index is 383. The van der Waals surface area contributed by atoms with Gasteiger partial charge >= 0.3 is 0 Å². The first-order chi connectivity index (χ1) is 7.04. The Morgan fingerprint density at radius 1 is 1.47 bits per heavy atom. The Kier molecular flexibility index (Phi) is 2.65. The molecule has 82 valence electrons. The molecule has 1 aromatic carbocycles. The Hall–Kier alpha value is -0.730. The van der Waals surface area contributed by atoms with Gasteiger partial charge in [-0.1, -0.05) is 11.6 Å². The van der Waals surface area contributed by atoms with Crippen molar-refractivity contribution in [2.45, 2.75) is 31.8 Å². The number of benzene rings is 1. The average molecular weight is 227 g/mol. The van der Waals surface area contributed by atoms with Crippen LogP contribution < -0.4 is 4.74 Å². The van der Waals surface area contributed by atoms with Crippen LogP contribution in [0.2, 0.25) is 5.02 Å². The third-order valence-electron chi connectivity index (χ3n) is 3.00. The molecule has 1 aromatic rings. The highest BCUT2D eigenvalue weighted by atomic mass is 35.5. The fraction of sp³-hybridized carbons (Fsp3) is 0.500. The Morgan fingerprint density at radius 3 is 2.67 bits per heavy atom. The van der Waals surface area contributed by atoms with E-state index in [1.807, 2.05) is 13.0 Å². The van der Waals surface area contributed by atoms with Crippen molar-refractivity contribution < 1.29 is 9.84 Å². The molecule has 0 amide bonds. The summed E-state index contributed by atoms with van der Waals surface area (Å²) < 4.78 is 5.24. The molecule has 0 heterocycles. The number of rotatable bonds is 3. The molecule has 0 radical (unpaired) electrons. The van der Waals surface area contributed by atoms with Gasteiger partial charge in [0.15, 0.2) is 0 Å². The van der Waals surface area contributed by atoms with E-state index < -0.39 is 5.60 Å². The molecule has 0 saturated heterocycles. The van der Waals surface area contributed by atoms with Gasteiger partial charge in [-0.15, -0.1) is 0 Å². The minimum absolute atomic E-state index is 0.486. The molecule has 1 saturated carbocycles. The maximum absolute atomic E-state index is 9.88. The summed E-state index contributed by atoms with van der Waals surface area (Å²) in [4.78, 5) is 0. The largest absolute Gasteiger partial charge is 0.496 e. The summed E-state index contributed by atoms with van der Waals surface area (Å²) in [6.07, 6.45) is 2.46. The van der Waals surface area contributed by atoms with Crippen molar-refractivity contribution in [2.75, 3.05) is 7.11 Å². The van der Waals surface area contributed by atoms with Crippen molar-refractivity contribution in [1.29, 1.82) is 0 Å². The van der Waals surface area contributed by atoms with Gasteiger partial charge in [0.2, 0.25) is 0 Å². The fourth-order valence-electron chi connectivity index (χ4n) is 1.78. The first-order valence-electron chi connectivity index (χ1n) is 5.09. The summed E-state index contributed by atoms with van der Waals surface area (Å²) >= 11 is 5.99. The molecular weight excluding hydrogens is 212 g/mol. The summed E-state index contributed by atoms with van der Waals surface area (Å²) in [5, 5.41) is 10.5. The third-order valence-corrected chi connectivity index (χ3v) is 3.22. The van der Waals surface area contributed by atoms with E-state index in [0.717, 1.165) is 29.7 Å². The summed E-state index contributed by atoms with van der Waals surface area (Å²) in [7, 11) is 1.63. The van der Waals surface area contributed by atoms with Crippen LogP contribution in [0.1, 0.15) is 24.0 Å². The van der Waals surface area contributed by atoms with E-state index in [9.17, 15) is 5.11 Å². The summed E-state index contributed by atoms with van der Waals surface area (Å²) in [6, 6.07) is 3.72. The van der Waals surface area contributed by atoms with E-state index in [4.69, 9.17) is 16.3 Å². The number of hydrogen-bond donors (Lipinski definition) is 1. The maximum atomic E-state index is 9.88. The smallest absolute Gasteiger partial charge is 0.123 e. The van der Waals surface area contributed by atoms with Crippen LogP contribution in [0.4, 0.5) is 0 Å². The molecule has 0 aromatic heterocycles. The minimum Gasteiger partial charge on any atom is -0.496 e. The van der Waals surface area contributed by atoms with Crippen LogP contribution in [-0.4, -0.2) is 17.8 Å². The maximum Gasteiger partial charge on any atom is 0.123 e. The molecule has 0 aliphatic heterocycles. The lowest BCUT2D eigenvalue weighted by molar-refractivity contribution is 0.150. The molecule has 0 atom stereocenters. The zero-order valence-electron chi connectivity index (χ0n) is 9.01. The monoisotopic (exact) mass is 226 g/mol. The number of hydrogen-bond acceptors (Lipinski definition) is 2. The molecule has 1 N–H and O–H groups in total. The predicted molar refractivity (Wildman–Crippen MR) is 60.6 cm³/mol. The normalized spacial score (nSPS) is 17.6. The summed E-state index contributed by atoms with van der Waals surface area (Å²) in [5.74, 6) is 0.793. The molecule has 0 spiro atoms. The number of methoxy groups -OCH3 is 1. The predicted octanol–water partition coefficient (Wildman–Crippen LogP) is 2.72. The molecule has 0 bridgehead atoms. The molecule has 3 heteroatoms. The van der Waals surface area contributed by atoms with E-state index in [-0.39, 0.29) is 0 Å². The topological polar surface area (TPSA) is 29.5 Å². The van der Waals surface area contributed by atoms with Crippen molar-refractivity contribution in [3.63, 3.8) is 0 Å². The molecular formula is C12H15ClO2. The molecule has 2 rings (SSSR count). The van der Waals surface area contributed by atoms with E-state index in [2.05, 4.69) is 0 Å². The number of aliphatic hydroxyl groups is 1. The van der Waals surface area contributed by atoms with Crippen LogP contribution in [0.3, 0.4) is 0 Å². The van der Waals surface area contributed by atoms with Crippen LogP contribution in [0, 0.1) is 6.92 Å². The molecule has 15 heavy (non-hydrogen) atoms. The zero-order valence-corrected chi connectivity index (χ0v) is 9.77. The van der Waals surface area contributed by atoms with Gasteiger partial charge in [0.05, 0.1) is 12.7 Å². The van der Waals surface area contributed by atoms with E-state index in [1.54, 1.807) is 13.2 Å². The van der Waals surface area contributed by atoms with Gasteiger partial charge < -0.3 is 9.84 Å². The number of ether oxygens (including phenoxy) is 1. The van der Waals surface area contributed by atoms with Crippen molar-refractivity contribution in [2.24, 2.45) is 0 Å². The van der Waals surface area contributed by atoms with Crippen LogP contribution >= 0.6 is 11.6 Å². The van der Waals surface area contributed by atoms with E-state index in [1.165, 1.54) is 0 Å². The van der Waals surface area contributed by atoms with Gasteiger partial charge in [-0.05, 0) is 43.0 Å². The van der Waals surface area contributed by atoms with E-state index in [0.29, 0.717) is 11.4 Å². The Labute approximate surface area is 94.8 Å². The van der Waals surface area contributed by atoms with Crippen molar-refractivity contribution in [3.8, 4) is 5.75 Å². The van der Waals surface area contributed by atoms with Gasteiger partial charge in [0.1, 0.15) is 5.75 Å². The highest BCUT2D eigenvalue weighted by Crippen LogP contribution is 2.40. The average Bonchev–Trinajstić information content (AvgIpc) is 2.89. The third kappa shape index (κ3) is 2.27. The fourth-order valence-corrected chi connectivity index (χ4v) is 2.01. The van der Waals surface area contributed by atoms with Crippen molar-refractivity contribution in [3.05, 3.63) is 28.3 Å². The van der Waals surface area contributed by atoms with Crippen LogP contribution in [0.25, 0.3) is 0 Å². The van der Waals surface area contributed by atoms with Crippen LogP contribution in [-0.2, 0) is 6.42 Å². The Morgan fingerprint density at radius 2 is 2.13 bits per heavy atom. The molecule has 1 fully saturated rings. The summed E-state index contributed by atoms with van der Waals surface area (Å²) in [6.45, 7) is 2.00. The lowest BCUT2D eigenvalue weighted by Gasteiger charge is -2.14. The van der Waals surface area contributed by atoms with Gasteiger partial charge in [0.25, 0.3) is 0 Å². The molecule has 0 unspecified atom stereocenters. The molecule has 2 nitrogen and oxygen atoms in total. The van der Waals surface area contributed by atoms with Gasteiger partial charge in [-0.3, -0.25) is 0 Å². The summed E-state index contributed by atoms with van der Waals surface area (Å²) in [5.41, 5.74) is 1.67. The van der Waals surface area contributed by atoms with Gasteiger partial charge in [0, 0.05) is 11.4 Å². The molecule has 1 aliphatic rings. The second-order valence-electron chi connectivity index (χ2n) is 4.29. The Balaban J connectivity index is 2.32. The molecule has 1 aliphatic carbocycles. The van der Waals surface area contributed by atoms with Gasteiger partial charge in [-0.25, -0.2) is 0 Å². The first-order valence-corrected chi connectivity index (χ1v) is 5.47. The van der Waals surface area contributed by atoms with Crippen molar-refractivity contribution in [1.82, 2.24) is 0 Å². The SMILES string of the molecule is COc1cc(Cl)cc(CC2(O)CC2)c1C. The quantitative estimate of drug-likeness (QED) is 0.859. The van der Waals surface area contributed by atoms with Gasteiger partial charge in [-0.2, -0.15) is 0 Å².